The zero-order chi connectivity index (χ0) is 19.2. The Morgan fingerprint density at radius 2 is 1.78 bits per heavy atom. The van der Waals surface area contributed by atoms with Gasteiger partial charge < -0.3 is 14.8 Å². The second kappa shape index (κ2) is 8.07. The standard InChI is InChI=1S/C22H18N2O3/c1-26-18-10-8-15-9-11-21(27-2)20(19(15)13-18)12-16(14-23)22(25)24-17-6-4-3-5-7-17/h3-13H,1-2H3,(H,24,25)/b16-12+. The summed E-state index contributed by atoms with van der Waals surface area (Å²) in [5, 5.41) is 14.0. The molecule has 1 N–H and O–H groups in total. The quantitative estimate of drug-likeness (QED) is 0.542. The number of nitrogens with one attached hydrogen (secondary N) is 1. The van der Waals surface area contributed by atoms with Crippen molar-refractivity contribution in [1.29, 1.82) is 5.26 Å². The van der Waals surface area contributed by atoms with Crippen molar-refractivity contribution in [3.8, 4) is 17.6 Å². The summed E-state index contributed by atoms with van der Waals surface area (Å²) in [6.07, 6.45) is 1.54. The fraction of sp³-hybridized carbons (Fsp3) is 0.0909. The minimum atomic E-state index is -0.481. The molecule has 0 aromatic heterocycles. The third-order valence-electron chi connectivity index (χ3n) is 4.14. The van der Waals surface area contributed by atoms with Crippen molar-refractivity contribution in [2.75, 3.05) is 19.5 Å². The maximum Gasteiger partial charge on any atom is 0.266 e. The molecule has 27 heavy (non-hydrogen) atoms. The predicted molar refractivity (Wildman–Crippen MR) is 106 cm³/mol. The van der Waals surface area contributed by atoms with Crippen LogP contribution in [0, 0.1) is 11.3 Å². The molecule has 0 atom stereocenters. The number of methoxy groups -OCH3 is 2. The van der Waals surface area contributed by atoms with Crippen molar-refractivity contribution in [2.45, 2.75) is 0 Å². The van der Waals surface area contributed by atoms with Crippen LogP contribution < -0.4 is 14.8 Å². The van der Waals surface area contributed by atoms with Gasteiger partial charge >= 0.3 is 0 Å². The minimum absolute atomic E-state index is 0.0209. The number of anilines is 1. The molecule has 0 aliphatic carbocycles. The van der Waals surface area contributed by atoms with Crippen molar-refractivity contribution < 1.29 is 14.3 Å². The molecule has 3 aromatic carbocycles. The van der Waals surface area contributed by atoms with E-state index in [0.717, 1.165) is 10.8 Å². The average Bonchev–Trinajstić information content (AvgIpc) is 2.71. The zero-order valence-electron chi connectivity index (χ0n) is 15.0. The third-order valence-corrected chi connectivity index (χ3v) is 4.14. The van der Waals surface area contributed by atoms with Gasteiger partial charge in [-0.05, 0) is 47.2 Å². The number of nitrogens with zero attached hydrogens (tertiary/aromatic N) is 1. The molecule has 0 fully saturated rings. The van der Waals surface area contributed by atoms with Gasteiger partial charge in [-0.3, -0.25) is 4.79 Å². The van der Waals surface area contributed by atoms with Crippen LogP contribution in [0.4, 0.5) is 5.69 Å². The molecule has 1 amide bonds. The Hall–Kier alpha value is -3.78. The molecular weight excluding hydrogens is 340 g/mol. The maximum absolute atomic E-state index is 12.5. The molecule has 5 heteroatoms. The molecule has 0 saturated heterocycles. The lowest BCUT2D eigenvalue weighted by atomic mass is 10.0. The Morgan fingerprint density at radius 3 is 2.44 bits per heavy atom. The van der Waals surface area contributed by atoms with Gasteiger partial charge in [0.1, 0.15) is 23.1 Å². The van der Waals surface area contributed by atoms with Crippen molar-refractivity contribution >= 4 is 28.4 Å². The number of para-hydroxylation sites is 1. The lowest BCUT2D eigenvalue weighted by molar-refractivity contribution is -0.112. The second-order valence-electron chi connectivity index (χ2n) is 5.76. The summed E-state index contributed by atoms with van der Waals surface area (Å²) in [6, 6.07) is 20.3. The normalized spacial score (nSPS) is 10.9. The van der Waals surface area contributed by atoms with Crippen LogP contribution in [0.1, 0.15) is 5.56 Å². The van der Waals surface area contributed by atoms with E-state index in [1.807, 2.05) is 54.6 Å². The molecule has 0 heterocycles. The molecule has 3 aromatic rings. The highest BCUT2D eigenvalue weighted by Crippen LogP contribution is 2.32. The van der Waals surface area contributed by atoms with E-state index in [9.17, 15) is 10.1 Å². The van der Waals surface area contributed by atoms with Gasteiger partial charge in [0.05, 0.1) is 14.2 Å². The number of carbonyl (C=O) groups excluding carboxylic acids is 1. The first-order valence-corrected chi connectivity index (χ1v) is 8.29. The molecule has 0 radical (unpaired) electrons. The van der Waals surface area contributed by atoms with Crippen LogP contribution in [0.3, 0.4) is 0 Å². The molecular formula is C22H18N2O3. The number of ether oxygens (including phenoxy) is 2. The summed E-state index contributed by atoms with van der Waals surface area (Å²) in [7, 11) is 3.14. The summed E-state index contributed by atoms with van der Waals surface area (Å²) in [5.41, 5.74) is 1.25. The van der Waals surface area contributed by atoms with Crippen LogP contribution in [-0.2, 0) is 4.79 Å². The number of nitriles is 1. The van der Waals surface area contributed by atoms with E-state index in [4.69, 9.17) is 9.47 Å². The van der Waals surface area contributed by atoms with Gasteiger partial charge in [0, 0.05) is 11.3 Å². The van der Waals surface area contributed by atoms with Gasteiger partial charge in [-0.2, -0.15) is 5.26 Å². The van der Waals surface area contributed by atoms with Gasteiger partial charge in [-0.25, -0.2) is 0 Å². The van der Waals surface area contributed by atoms with Crippen molar-refractivity contribution in [3.63, 3.8) is 0 Å². The first kappa shape index (κ1) is 18.0. The molecule has 0 saturated carbocycles. The van der Waals surface area contributed by atoms with Crippen LogP contribution in [0.25, 0.3) is 16.8 Å². The summed E-state index contributed by atoms with van der Waals surface area (Å²) < 4.78 is 10.7. The Kier molecular flexibility index (Phi) is 5.38. The van der Waals surface area contributed by atoms with Gasteiger partial charge in [0.15, 0.2) is 0 Å². The van der Waals surface area contributed by atoms with E-state index >= 15 is 0 Å². The number of carbonyl (C=O) groups is 1. The first-order chi connectivity index (χ1) is 13.2. The van der Waals surface area contributed by atoms with Gasteiger partial charge in [0.25, 0.3) is 5.91 Å². The first-order valence-electron chi connectivity index (χ1n) is 8.29. The summed E-state index contributed by atoms with van der Waals surface area (Å²) in [5.74, 6) is 0.763. The average molecular weight is 358 g/mol. The highest BCUT2D eigenvalue weighted by molar-refractivity contribution is 6.11. The molecule has 0 unspecified atom stereocenters. The smallest absolute Gasteiger partial charge is 0.266 e. The number of amides is 1. The summed E-state index contributed by atoms with van der Waals surface area (Å²) in [6.45, 7) is 0. The van der Waals surface area contributed by atoms with Crippen molar-refractivity contribution in [1.82, 2.24) is 0 Å². The summed E-state index contributed by atoms with van der Waals surface area (Å²) in [4.78, 5) is 12.5. The van der Waals surface area contributed by atoms with E-state index in [1.165, 1.54) is 0 Å². The van der Waals surface area contributed by atoms with Gasteiger partial charge in [-0.15, -0.1) is 0 Å². The highest BCUT2D eigenvalue weighted by Gasteiger charge is 2.14. The highest BCUT2D eigenvalue weighted by atomic mass is 16.5. The lowest BCUT2D eigenvalue weighted by Crippen LogP contribution is -2.13. The van der Waals surface area contributed by atoms with Gasteiger partial charge in [-0.1, -0.05) is 30.3 Å². The van der Waals surface area contributed by atoms with Crippen LogP contribution in [-0.4, -0.2) is 20.1 Å². The monoisotopic (exact) mass is 358 g/mol. The SMILES string of the molecule is COc1ccc2ccc(OC)c(/C=C(\C#N)C(=O)Nc3ccccc3)c2c1. The molecule has 5 nitrogen and oxygen atoms in total. The van der Waals surface area contributed by atoms with E-state index in [0.29, 0.717) is 22.7 Å². The Morgan fingerprint density at radius 1 is 1.04 bits per heavy atom. The summed E-state index contributed by atoms with van der Waals surface area (Å²) >= 11 is 0. The number of hydrogen-bond donors (Lipinski definition) is 1. The Labute approximate surface area is 157 Å². The third kappa shape index (κ3) is 3.91. The fourth-order valence-corrected chi connectivity index (χ4v) is 2.77. The number of fused-ring (bicyclic) bond motifs is 1. The van der Waals surface area contributed by atoms with Crippen LogP contribution in [0.5, 0.6) is 11.5 Å². The zero-order valence-corrected chi connectivity index (χ0v) is 15.0. The van der Waals surface area contributed by atoms with Crippen LogP contribution >= 0.6 is 0 Å². The van der Waals surface area contributed by atoms with E-state index in [2.05, 4.69) is 5.32 Å². The largest absolute Gasteiger partial charge is 0.497 e. The molecule has 0 bridgehead atoms. The molecule has 0 aliphatic rings. The topological polar surface area (TPSA) is 71.3 Å². The fourth-order valence-electron chi connectivity index (χ4n) is 2.77. The van der Waals surface area contributed by atoms with Crippen LogP contribution in [0.15, 0.2) is 66.2 Å². The lowest BCUT2D eigenvalue weighted by Gasteiger charge is -2.11. The molecule has 134 valence electrons. The predicted octanol–water partition coefficient (Wildman–Crippen LogP) is 4.40. The van der Waals surface area contributed by atoms with Crippen LogP contribution in [0.2, 0.25) is 0 Å². The maximum atomic E-state index is 12.5. The van der Waals surface area contributed by atoms with E-state index < -0.39 is 5.91 Å². The molecule has 0 aliphatic heterocycles. The minimum Gasteiger partial charge on any atom is -0.497 e. The van der Waals surface area contributed by atoms with Crippen molar-refractivity contribution in [3.05, 3.63) is 71.8 Å². The number of rotatable bonds is 5. The van der Waals surface area contributed by atoms with Crippen molar-refractivity contribution in [2.24, 2.45) is 0 Å². The Balaban J connectivity index is 2.08. The molecule has 0 spiro atoms. The number of benzene rings is 3. The Bertz CT molecular complexity index is 1050. The van der Waals surface area contributed by atoms with Gasteiger partial charge in [0.2, 0.25) is 0 Å². The molecule has 3 rings (SSSR count). The number of hydrogen-bond acceptors (Lipinski definition) is 4. The van der Waals surface area contributed by atoms with E-state index in [1.54, 1.807) is 32.4 Å². The second-order valence-corrected chi connectivity index (χ2v) is 5.76. The van der Waals surface area contributed by atoms with E-state index in [-0.39, 0.29) is 5.57 Å².